The Morgan fingerprint density at radius 3 is 2.10 bits per heavy atom. The molecule has 1 aromatic carbocycles. The number of hydrogen-bond acceptors (Lipinski definition) is 1. The van der Waals surface area contributed by atoms with Gasteiger partial charge in [0.1, 0.15) is 5.75 Å². The van der Waals surface area contributed by atoms with Gasteiger partial charge < -0.3 is 4.74 Å². The van der Waals surface area contributed by atoms with E-state index in [0.29, 0.717) is 5.92 Å². The highest BCUT2D eigenvalue weighted by molar-refractivity contribution is 5.30. The second kappa shape index (κ2) is 11.6. The molecule has 2 saturated carbocycles. The van der Waals surface area contributed by atoms with Gasteiger partial charge in [-0.05, 0) is 73.5 Å². The van der Waals surface area contributed by atoms with Gasteiger partial charge in [0.25, 0.3) is 0 Å². The average molecular weight is 443 g/mol. The molecule has 2 aliphatic carbocycles. The monoisotopic (exact) mass is 442 g/mol. The summed E-state index contributed by atoms with van der Waals surface area (Å²) < 4.78 is 54.8. The van der Waals surface area contributed by atoms with Crippen molar-refractivity contribution in [2.24, 2.45) is 17.8 Å². The Morgan fingerprint density at radius 2 is 1.48 bits per heavy atom. The predicted molar refractivity (Wildman–Crippen MR) is 117 cm³/mol. The van der Waals surface area contributed by atoms with Crippen LogP contribution in [0.3, 0.4) is 0 Å². The Labute approximate surface area is 184 Å². The summed E-state index contributed by atoms with van der Waals surface area (Å²) >= 11 is 0. The molecule has 0 amide bonds. The first kappa shape index (κ1) is 24.4. The second-order valence-electron chi connectivity index (χ2n) is 9.87. The number of benzene rings is 1. The Kier molecular flexibility index (Phi) is 9.09. The van der Waals surface area contributed by atoms with E-state index in [-0.39, 0.29) is 5.75 Å². The third-order valence-corrected chi connectivity index (χ3v) is 7.55. The Bertz CT molecular complexity index is 637. The van der Waals surface area contributed by atoms with Gasteiger partial charge in [-0.15, -0.1) is 0 Å². The smallest absolute Gasteiger partial charge is 0.428 e. The van der Waals surface area contributed by atoms with Crippen LogP contribution in [0.1, 0.15) is 102 Å². The Balaban J connectivity index is 1.39. The first-order valence-corrected chi connectivity index (χ1v) is 12.3. The van der Waals surface area contributed by atoms with Crippen LogP contribution in [0.25, 0.3) is 0 Å². The van der Waals surface area contributed by atoms with Gasteiger partial charge in [-0.2, -0.15) is 17.6 Å². The molecule has 2 fully saturated rings. The third kappa shape index (κ3) is 7.39. The summed E-state index contributed by atoms with van der Waals surface area (Å²) in [6.45, 7) is 2.28. The maximum atomic E-state index is 13.0. The minimum Gasteiger partial charge on any atom is -0.428 e. The van der Waals surface area contributed by atoms with Crippen LogP contribution in [0.5, 0.6) is 5.75 Å². The fourth-order valence-corrected chi connectivity index (χ4v) is 5.69. The molecule has 3 rings (SSSR count). The zero-order valence-corrected chi connectivity index (χ0v) is 18.8. The fraction of sp³-hybridized carbons (Fsp3) is 0.769. The minimum atomic E-state index is -4.45. The van der Waals surface area contributed by atoms with Gasteiger partial charge in [-0.1, -0.05) is 70.4 Å². The van der Waals surface area contributed by atoms with Gasteiger partial charge in [0.05, 0.1) is 0 Å². The lowest BCUT2D eigenvalue weighted by atomic mass is 9.73. The molecule has 1 nitrogen and oxygen atoms in total. The van der Waals surface area contributed by atoms with Crippen LogP contribution < -0.4 is 4.74 Å². The normalized spacial score (nSPS) is 27.4. The largest absolute Gasteiger partial charge is 0.461 e. The van der Waals surface area contributed by atoms with Gasteiger partial charge in [0.15, 0.2) is 0 Å². The molecular formula is C26H38F4O. The molecule has 0 unspecified atom stereocenters. The predicted octanol–water partition coefficient (Wildman–Crippen LogP) is 8.97. The lowest BCUT2D eigenvalue weighted by molar-refractivity contribution is -0.253. The first-order valence-electron chi connectivity index (χ1n) is 12.3. The molecule has 2 aliphatic rings. The van der Waals surface area contributed by atoms with Crippen molar-refractivity contribution in [3.8, 4) is 5.75 Å². The highest BCUT2D eigenvalue weighted by Crippen LogP contribution is 2.41. The summed E-state index contributed by atoms with van der Waals surface area (Å²) in [4.78, 5) is 0. The van der Waals surface area contributed by atoms with E-state index in [0.717, 1.165) is 36.2 Å². The van der Waals surface area contributed by atoms with E-state index in [1.54, 1.807) is 12.1 Å². The molecule has 0 N–H and O–H groups in total. The Morgan fingerprint density at radius 1 is 0.871 bits per heavy atom. The van der Waals surface area contributed by atoms with Crippen LogP contribution in [-0.2, 0) is 0 Å². The first-order chi connectivity index (χ1) is 14.9. The number of ether oxygens (including phenoxy) is 1. The lowest BCUT2D eigenvalue weighted by Gasteiger charge is -2.32. The van der Waals surface area contributed by atoms with Gasteiger partial charge in [-0.25, -0.2) is 0 Å². The number of halogens is 4. The van der Waals surface area contributed by atoms with Gasteiger partial charge in [0, 0.05) is 0 Å². The maximum Gasteiger partial charge on any atom is 0.461 e. The van der Waals surface area contributed by atoms with E-state index in [1.165, 1.54) is 82.8 Å². The highest BCUT2D eigenvalue weighted by Gasteiger charge is 2.44. The lowest BCUT2D eigenvalue weighted by Crippen LogP contribution is -2.33. The number of alkyl halides is 4. The average Bonchev–Trinajstić information content (AvgIpc) is 2.77. The molecule has 0 radical (unpaired) electrons. The summed E-state index contributed by atoms with van der Waals surface area (Å²) in [5, 5.41) is 0. The quantitative estimate of drug-likeness (QED) is 0.329. The zero-order chi connectivity index (χ0) is 22.3. The maximum absolute atomic E-state index is 13.0. The summed E-state index contributed by atoms with van der Waals surface area (Å²) in [7, 11) is 0. The molecule has 5 heteroatoms. The summed E-state index contributed by atoms with van der Waals surface area (Å²) in [5.41, 5.74) is 1.09. The van der Waals surface area contributed by atoms with E-state index < -0.39 is 12.5 Å². The molecule has 2 atom stereocenters. The van der Waals surface area contributed by atoms with E-state index in [1.807, 2.05) is 0 Å². The van der Waals surface area contributed by atoms with E-state index in [2.05, 4.69) is 11.7 Å². The standard InChI is InChI=1S/C26H38F4O/c1-2-3-5-20-6-4-7-21(18-20)9-8-19-10-12-22(13-11-19)23-14-16-24(17-15-23)31-26(29,30)25(27)28/h14-17,19-22,25H,2-13,18H2,1H3/t19?,20-,21+,22?/m0/s1. The molecule has 0 spiro atoms. The Hall–Kier alpha value is -1.26. The minimum absolute atomic E-state index is 0.215. The molecule has 0 bridgehead atoms. The fourth-order valence-electron chi connectivity index (χ4n) is 5.69. The molecule has 176 valence electrons. The summed E-state index contributed by atoms with van der Waals surface area (Å²) in [6, 6.07) is 6.27. The highest BCUT2D eigenvalue weighted by atomic mass is 19.3. The van der Waals surface area contributed by atoms with Crippen molar-refractivity contribution in [3.63, 3.8) is 0 Å². The van der Waals surface area contributed by atoms with Crippen molar-refractivity contribution in [2.45, 2.75) is 109 Å². The second-order valence-corrected chi connectivity index (χ2v) is 9.87. The zero-order valence-electron chi connectivity index (χ0n) is 18.8. The van der Waals surface area contributed by atoms with Crippen molar-refractivity contribution < 1.29 is 22.3 Å². The van der Waals surface area contributed by atoms with E-state index >= 15 is 0 Å². The molecule has 1 aromatic rings. The van der Waals surface area contributed by atoms with E-state index in [9.17, 15) is 17.6 Å². The van der Waals surface area contributed by atoms with E-state index in [4.69, 9.17) is 0 Å². The summed E-state index contributed by atoms with van der Waals surface area (Å²) in [5.74, 6) is 2.90. The van der Waals surface area contributed by atoms with Crippen molar-refractivity contribution >= 4 is 0 Å². The van der Waals surface area contributed by atoms with Crippen LogP contribution in [0.2, 0.25) is 0 Å². The third-order valence-electron chi connectivity index (χ3n) is 7.55. The van der Waals surface area contributed by atoms with Crippen LogP contribution in [0, 0.1) is 17.8 Å². The molecule has 31 heavy (non-hydrogen) atoms. The van der Waals surface area contributed by atoms with Gasteiger partial charge in [-0.3, -0.25) is 0 Å². The van der Waals surface area contributed by atoms with Crippen LogP contribution in [0.4, 0.5) is 17.6 Å². The molecule has 0 aliphatic heterocycles. The van der Waals surface area contributed by atoms with Gasteiger partial charge in [0.2, 0.25) is 0 Å². The SMILES string of the molecule is CCCC[C@H]1CCC[C@H](CCC2CCC(c3ccc(OC(F)(F)C(F)F)cc3)CC2)C1. The van der Waals surface area contributed by atoms with Crippen molar-refractivity contribution in [1.82, 2.24) is 0 Å². The van der Waals surface area contributed by atoms with Crippen molar-refractivity contribution in [3.05, 3.63) is 29.8 Å². The molecular weight excluding hydrogens is 404 g/mol. The van der Waals surface area contributed by atoms with Crippen molar-refractivity contribution in [2.75, 3.05) is 0 Å². The van der Waals surface area contributed by atoms with Crippen LogP contribution >= 0.6 is 0 Å². The van der Waals surface area contributed by atoms with Crippen molar-refractivity contribution in [1.29, 1.82) is 0 Å². The number of unbranched alkanes of at least 4 members (excludes halogenated alkanes) is 1. The summed E-state index contributed by atoms with van der Waals surface area (Å²) in [6.07, 6.45) is 8.90. The van der Waals surface area contributed by atoms with Gasteiger partial charge >= 0.3 is 12.5 Å². The molecule has 0 aromatic heterocycles. The molecule has 0 heterocycles. The number of rotatable bonds is 10. The topological polar surface area (TPSA) is 9.23 Å². The number of hydrogen-bond donors (Lipinski definition) is 0. The molecule has 0 saturated heterocycles. The van der Waals surface area contributed by atoms with Crippen LogP contribution in [-0.4, -0.2) is 12.5 Å². The van der Waals surface area contributed by atoms with Crippen LogP contribution in [0.15, 0.2) is 24.3 Å².